The highest BCUT2D eigenvalue weighted by atomic mass is 16.5. The summed E-state index contributed by atoms with van der Waals surface area (Å²) in [7, 11) is 0. The van der Waals surface area contributed by atoms with E-state index in [2.05, 4.69) is 19.2 Å². The second-order valence-electron chi connectivity index (χ2n) is 5.14. The largest absolute Gasteiger partial charge is 0.491 e. The molecule has 1 amide bonds. The van der Waals surface area contributed by atoms with E-state index in [1.54, 1.807) is 0 Å². The number of anilines is 1. The molecule has 19 heavy (non-hydrogen) atoms. The Morgan fingerprint density at radius 3 is 2.63 bits per heavy atom. The molecule has 1 rings (SSSR count). The normalized spacial score (nSPS) is 10.6. The highest BCUT2D eigenvalue weighted by Crippen LogP contribution is 2.30. The highest BCUT2D eigenvalue weighted by molar-refractivity contribution is 5.92. The zero-order valence-corrected chi connectivity index (χ0v) is 12.5. The van der Waals surface area contributed by atoms with Crippen LogP contribution in [0.4, 0.5) is 5.69 Å². The van der Waals surface area contributed by atoms with Crippen molar-refractivity contribution in [2.45, 2.75) is 47.0 Å². The van der Waals surface area contributed by atoms with Crippen LogP contribution in [-0.2, 0) is 11.2 Å². The van der Waals surface area contributed by atoms with Gasteiger partial charge in [0.1, 0.15) is 5.75 Å². The second kappa shape index (κ2) is 7.82. The summed E-state index contributed by atoms with van der Waals surface area (Å²) in [6.45, 7) is 8.91. The van der Waals surface area contributed by atoms with Gasteiger partial charge in [0.25, 0.3) is 0 Å². The van der Waals surface area contributed by atoms with Crippen molar-refractivity contribution in [1.82, 2.24) is 0 Å². The van der Waals surface area contributed by atoms with Crippen molar-refractivity contribution in [2.75, 3.05) is 11.9 Å². The fourth-order valence-corrected chi connectivity index (χ4v) is 1.91. The molecule has 0 bridgehead atoms. The standard InChI is InChI=1S/C16H25NO2/c1-5-10-19-16-13(6-2)8-7-9-14(16)17-15(18)11-12(3)4/h7-9,12H,5-6,10-11H2,1-4H3,(H,17,18). The summed E-state index contributed by atoms with van der Waals surface area (Å²) in [6, 6.07) is 5.91. The van der Waals surface area contributed by atoms with Gasteiger partial charge in [-0.05, 0) is 30.4 Å². The van der Waals surface area contributed by atoms with Gasteiger partial charge in [0.2, 0.25) is 5.91 Å². The Morgan fingerprint density at radius 1 is 1.32 bits per heavy atom. The summed E-state index contributed by atoms with van der Waals surface area (Å²) in [6.07, 6.45) is 2.38. The van der Waals surface area contributed by atoms with Crippen molar-refractivity contribution in [3.63, 3.8) is 0 Å². The monoisotopic (exact) mass is 263 g/mol. The summed E-state index contributed by atoms with van der Waals surface area (Å²) < 4.78 is 5.80. The number of amides is 1. The minimum atomic E-state index is 0.0459. The van der Waals surface area contributed by atoms with E-state index in [1.807, 2.05) is 32.0 Å². The maximum atomic E-state index is 11.9. The first-order valence-electron chi connectivity index (χ1n) is 7.13. The molecule has 1 aromatic carbocycles. The summed E-state index contributed by atoms with van der Waals surface area (Å²) >= 11 is 0. The van der Waals surface area contributed by atoms with Gasteiger partial charge in [0.05, 0.1) is 12.3 Å². The third kappa shape index (κ3) is 4.93. The van der Waals surface area contributed by atoms with Crippen LogP contribution in [0.15, 0.2) is 18.2 Å². The van der Waals surface area contributed by atoms with Crippen LogP contribution >= 0.6 is 0 Å². The Hall–Kier alpha value is -1.51. The van der Waals surface area contributed by atoms with Gasteiger partial charge >= 0.3 is 0 Å². The summed E-state index contributed by atoms with van der Waals surface area (Å²) in [5.41, 5.74) is 1.93. The number of ether oxygens (including phenoxy) is 1. The van der Waals surface area contributed by atoms with Gasteiger partial charge in [-0.1, -0.05) is 39.8 Å². The van der Waals surface area contributed by atoms with Crippen LogP contribution in [0, 0.1) is 5.92 Å². The van der Waals surface area contributed by atoms with Crippen LogP contribution < -0.4 is 10.1 Å². The molecule has 0 fully saturated rings. The zero-order valence-electron chi connectivity index (χ0n) is 12.5. The number of rotatable bonds is 7. The smallest absolute Gasteiger partial charge is 0.224 e. The van der Waals surface area contributed by atoms with E-state index in [9.17, 15) is 4.79 Å². The molecule has 1 aromatic rings. The third-order valence-electron chi connectivity index (χ3n) is 2.80. The molecule has 1 N–H and O–H groups in total. The molecule has 0 saturated heterocycles. The molecule has 0 unspecified atom stereocenters. The molecule has 0 aliphatic rings. The van der Waals surface area contributed by atoms with Crippen molar-refractivity contribution >= 4 is 11.6 Å². The maximum absolute atomic E-state index is 11.9. The van der Waals surface area contributed by atoms with E-state index < -0.39 is 0 Å². The van der Waals surface area contributed by atoms with Crippen molar-refractivity contribution in [3.8, 4) is 5.75 Å². The predicted molar refractivity (Wildman–Crippen MR) is 79.7 cm³/mol. The Labute approximate surface area is 116 Å². The fourth-order valence-electron chi connectivity index (χ4n) is 1.91. The molecule has 0 aromatic heterocycles. The molecule has 106 valence electrons. The molecule has 0 aliphatic heterocycles. The van der Waals surface area contributed by atoms with E-state index in [-0.39, 0.29) is 5.91 Å². The number of carbonyl (C=O) groups is 1. The fraction of sp³-hybridized carbons (Fsp3) is 0.562. The van der Waals surface area contributed by atoms with Crippen LogP contribution in [0.3, 0.4) is 0 Å². The lowest BCUT2D eigenvalue weighted by Crippen LogP contribution is -2.15. The van der Waals surface area contributed by atoms with E-state index >= 15 is 0 Å². The van der Waals surface area contributed by atoms with Gasteiger partial charge in [-0.2, -0.15) is 0 Å². The Kier molecular flexibility index (Phi) is 6.40. The van der Waals surface area contributed by atoms with Gasteiger partial charge in [-0.25, -0.2) is 0 Å². The topological polar surface area (TPSA) is 38.3 Å². The number of nitrogens with one attached hydrogen (secondary N) is 1. The number of carbonyl (C=O) groups excluding carboxylic acids is 1. The first-order chi connectivity index (χ1) is 9.08. The lowest BCUT2D eigenvalue weighted by molar-refractivity contribution is -0.116. The highest BCUT2D eigenvalue weighted by Gasteiger charge is 2.12. The Bertz CT molecular complexity index is 413. The molecular weight excluding hydrogens is 238 g/mol. The SMILES string of the molecule is CCCOc1c(CC)cccc1NC(=O)CC(C)C. The van der Waals surface area contributed by atoms with E-state index in [4.69, 9.17) is 4.74 Å². The number of aryl methyl sites for hydroxylation is 1. The quantitative estimate of drug-likeness (QED) is 0.806. The average Bonchev–Trinajstić information content (AvgIpc) is 2.35. The number of para-hydroxylation sites is 1. The first kappa shape index (κ1) is 15.5. The molecule has 0 atom stereocenters. The number of benzene rings is 1. The first-order valence-corrected chi connectivity index (χ1v) is 7.13. The molecule has 0 spiro atoms. The average molecular weight is 263 g/mol. The van der Waals surface area contributed by atoms with Crippen LogP contribution in [-0.4, -0.2) is 12.5 Å². The molecule has 0 heterocycles. The van der Waals surface area contributed by atoms with Gasteiger partial charge in [0.15, 0.2) is 0 Å². The Morgan fingerprint density at radius 2 is 2.05 bits per heavy atom. The lowest BCUT2D eigenvalue weighted by Gasteiger charge is -2.16. The molecular formula is C16H25NO2. The van der Waals surface area contributed by atoms with Crippen LogP contribution in [0.5, 0.6) is 5.75 Å². The minimum Gasteiger partial charge on any atom is -0.491 e. The van der Waals surface area contributed by atoms with Crippen LogP contribution in [0.1, 0.15) is 46.1 Å². The predicted octanol–water partition coefficient (Wildman–Crippen LogP) is 4.02. The minimum absolute atomic E-state index is 0.0459. The summed E-state index contributed by atoms with van der Waals surface area (Å²) in [5.74, 6) is 1.22. The van der Waals surface area contributed by atoms with Crippen molar-refractivity contribution in [3.05, 3.63) is 23.8 Å². The maximum Gasteiger partial charge on any atom is 0.224 e. The second-order valence-corrected chi connectivity index (χ2v) is 5.14. The molecule has 0 radical (unpaired) electrons. The van der Waals surface area contributed by atoms with Gasteiger partial charge in [-0.15, -0.1) is 0 Å². The summed E-state index contributed by atoms with van der Waals surface area (Å²) in [5, 5.41) is 2.96. The zero-order chi connectivity index (χ0) is 14.3. The third-order valence-corrected chi connectivity index (χ3v) is 2.80. The molecule has 3 heteroatoms. The number of hydrogen-bond donors (Lipinski definition) is 1. The van der Waals surface area contributed by atoms with Crippen molar-refractivity contribution in [1.29, 1.82) is 0 Å². The van der Waals surface area contributed by atoms with Crippen LogP contribution in [0.25, 0.3) is 0 Å². The van der Waals surface area contributed by atoms with Crippen LogP contribution in [0.2, 0.25) is 0 Å². The van der Waals surface area contributed by atoms with Gasteiger partial charge in [-0.3, -0.25) is 4.79 Å². The van der Waals surface area contributed by atoms with E-state index in [0.717, 1.165) is 29.8 Å². The molecule has 0 saturated carbocycles. The van der Waals surface area contributed by atoms with Gasteiger partial charge < -0.3 is 10.1 Å². The van der Waals surface area contributed by atoms with Crippen molar-refractivity contribution < 1.29 is 9.53 Å². The van der Waals surface area contributed by atoms with E-state index in [1.165, 1.54) is 0 Å². The Balaban J connectivity index is 2.88. The molecule has 3 nitrogen and oxygen atoms in total. The number of hydrogen-bond acceptors (Lipinski definition) is 2. The molecule has 0 aliphatic carbocycles. The summed E-state index contributed by atoms with van der Waals surface area (Å²) in [4.78, 5) is 11.9. The lowest BCUT2D eigenvalue weighted by atomic mass is 10.1. The van der Waals surface area contributed by atoms with Crippen molar-refractivity contribution in [2.24, 2.45) is 5.92 Å². The van der Waals surface area contributed by atoms with E-state index in [0.29, 0.717) is 18.9 Å². The van der Waals surface area contributed by atoms with Gasteiger partial charge in [0, 0.05) is 6.42 Å².